The molecule has 3 aromatic heterocycles. The summed E-state index contributed by atoms with van der Waals surface area (Å²) in [5.41, 5.74) is 2.24. The molecule has 8 rings (SSSR count). The quantitative estimate of drug-likeness (QED) is 0.134. The van der Waals surface area contributed by atoms with Crippen molar-refractivity contribution in [2.24, 2.45) is 11.8 Å². The number of carbonyl (C=O) groups excluding carboxylic acids is 2. The monoisotopic (exact) mass is 845 g/mol. The number of benzene rings is 2. The average Bonchev–Trinajstić information content (AvgIpc) is 3.53. The maximum atomic E-state index is 14.4. The Hall–Kier alpha value is -5.56. The van der Waals surface area contributed by atoms with Crippen LogP contribution >= 0.6 is 21.8 Å². The van der Waals surface area contributed by atoms with Gasteiger partial charge in [0.05, 0.1) is 22.1 Å². The highest BCUT2D eigenvalue weighted by atomic mass is 35.5. The van der Waals surface area contributed by atoms with E-state index in [0.29, 0.717) is 35.1 Å². The zero-order valence-corrected chi connectivity index (χ0v) is 32.8. The van der Waals surface area contributed by atoms with Crippen molar-refractivity contribution < 1.29 is 33.8 Å². The Bertz CT molecular complexity index is 2580. The second kappa shape index (κ2) is 13.8. The predicted octanol–water partition coefficient (Wildman–Crippen LogP) is 7.47. The smallest absolute Gasteiger partial charge is 0.310 e. The molecule has 2 amide bonds. The molecule has 0 bridgehead atoms. The Morgan fingerprint density at radius 2 is 1.76 bits per heavy atom. The molecular weight excluding hydrogens is 809 g/mol. The highest BCUT2D eigenvalue weighted by Crippen LogP contribution is 3.02. The van der Waals surface area contributed by atoms with Crippen LogP contribution in [-0.4, -0.2) is 72.0 Å². The topological polar surface area (TPSA) is 140 Å². The molecule has 4 heterocycles. The van der Waals surface area contributed by atoms with E-state index in [1.807, 2.05) is 35.2 Å². The SMILES string of the molecule is CCc1c(N2CCN(C(=O)c3ncnc(C)c3OCc3ccccc3)CC2)c(=O)n2nc(C3=CC4CC4C3)nc2n1CC(=O)Nc1ccc(S(F)(F)(F)(F)F)cc1Cl. The maximum absolute atomic E-state index is 14.4. The van der Waals surface area contributed by atoms with E-state index in [1.54, 1.807) is 18.7 Å². The first-order valence-corrected chi connectivity index (χ1v) is 20.8. The molecule has 2 aromatic carbocycles. The van der Waals surface area contributed by atoms with Gasteiger partial charge in [-0.05, 0) is 67.4 Å². The molecular formula is C38H37ClF5N9O4S. The van der Waals surface area contributed by atoms with E-state index < -0.39 is 38.2 Å². The highest BCUT2D eigenvalue weighted by Gasteiger charge is 2.65. The van der Waals surface area contributed by atoms with E-state index >= 15 is 0 Å². The molecule has 1 aliphatic heterocycles. The van der Waals surface area contributed by atoms with Gasteiger partial charge in [-0.2, -0.15) is 9.50 Å². The van der Waals surface area contributed by atoms with E-state index in [9.17, 15) is 33.8 Å². The zero-order chi connectivity index (χ0) is 41.2. The van der Waals surface area contributed by atoms with E-state index in [4.69, 9.17) is 21.3 Å². The number of hydrogen-bond donors (Lipinski definition) is 1. The number of piperazine rings is 1. The lowest BCUT2D eigenvalue weighted by Crippen LogP contribution is -2.51. The van der Waals surface area contributed by atoms with Gasteiger partial charge in [-0.3, -0.25) is 14.4 Å². The molecule has 2 atom stereocenters. The van der Waals surface area contributed by atoms with Gasteiger partial charge in [0.15, 0.2) is 17.3 Å². The number of rotatable bonds is 11. The standard InChI is InChI=1S/C38H37ClF5N9O4S/c1-3-30-33(50-11-13-51(14-12-50)36(55)32-34(22(2)45-21-46-32)57-20-23-7-5-4-6-8-23)37(56)53-38(48-35(49-53)26-16-24-15-25(24)17-26)52(30)19-31(54)47-29-10-9-27(18-28(29)39)58(40,41,42,43)44/h4-10,16,18,21,24-25H,3,11-15,17,19-20H2,1-2H3,(H,47,54). The number of halogens is 6. The van der Waals surface area contributed by atoms with Gasteiger partial charge in [-0.1, -0.05) is 74.4 Å². The molecule has 58 heavy (non-hydrogen) atoms. The summed E-state index contributed by atoms with van der Waals surface area (Å²) in [6.07, 6.45) is 5.46. The van der Waals surface area contributed by atoms with E-state index in [2.05, 4.69) is 26.5 Å². The van der Waals surface area contributed by atoms with Crippen LogP contribution in [0.15, 0.2) is 70.6 Å². The van der Waals surface area contributed by atoms with Gasteiger partial charge in [0.2, 0.25) is 11.7 Å². The van der Waals surface area contributed by atoms with Gasteiger partial charge >= 0.3 is 10.2 Å². The lowest BCUT2D eigenvalue weighted by atomic mass is 10.2. The van der Waals surface area contributed by atoms with Gasteiger partial charge in [-0.15, -0.1) is 5.10 Å². The van der Waals surface area contributed by atoms with Gasteiger partial charge in [0.1, 0.15) is 30.1 Å². The summed E-state index contributed by atoms with van der Waals surface area (Å²) in [6.45, 7) is 4.08. The minimum atomic E-state index is -10.0. The number of aromatic nitrogens is 6. The molecule has 0 spiro atoms. The number of ether oxygens (including phenoxy) is 1. The molecule has 2 aliphatic carbocycles. The summed E-state index contributed by atoms with van der Waals surface area (Å²) in [4.78, 5) is 56.3. The van der Waals surface area contributed by atoms with Crippen LogP contribution in [0.4, 0.5) is 30.8 Å². The fourth-order valence-electron chi connectivity index (χ4n) is 7.52. The highest BCUT2D eigenvalue weighted by molar-refractivity contribution is 8.45. The van der Waals surface area contributed by atoms with Crippen LogP contribution < -0.4 is 20.5 Å². The number of allylic oxidation sites excluding steroid dienone is 2. The summed E-state index contributed by atoms with van der Waals surface area (Å²) < 4.78 is 75.8. The number of amides is 2. The van der Waals surface area contributed by atoms with Gasteiger partial charge in [0.25, 0.3) is 11.5 Å². The first-order chi connectivity index (χ1) is 27.4. The predicted molar refractivity (Wildman–Crippen MR) is 208 cm³/mol. The fourth-order valence-corrected chi connectivity index (χ4v) is 8.48. The van der Waals surface area contributed by atoms with Crippen molar-refractivity contribution in [1.82, 2.24) is 34.0 Å². The second-order valence-electron chi connectivity index (χ2n) is 14.6. The summed E-state index contributed by atoms with van der Waals surface area (Å²) >= 11 is 5.97. The van der Waals surface area contributed by atoms with Gasteiger partial charge in [-0.25, -0.2) is 9.97 Å². The van der Waals surface area contributed by atoms with Gasteiger partial charge < -0.3 is 24.4 Å². The molecule has 5 aromatic rings. The van der Waals surface area contributed by atoms with E-state index in [1.165, 1.54) is 10.9 Å². The van der Waals surface area contributed by atoms with Crippen molar-refractivity contribution in [2.45, 2.75) is 51.2 Å². The van der Waals surface area contributed by atoms with Crippen LogP contribution in [0.25, 0.3) is 11.4 Å². The van der Waals surface area contributed by atoms with Gasteiger partial charge in [0, 0.05) is 26.2 Å². The number of nitrogens with zero attached hydrogens (tertiary/aromatic N) is 8. The molecule has 0 radical (unpaired) electrons. The third kappa shape index (κ3) is 7.71. The minimum absolute atomic E-state index is 0.0653. The number of fused-ring (bicyclic) bond motifs is 2. The summed E-state index contributed by atoms with van der Waals surface area (Å²) in [7, 11) is -10.0. The van der Waals surface area contributed by atoms with Crippen LogP contribution in [0.2, 0.25) is 5.02 Å². The Labute approximate surface area is 333 Å². The molecule has 20 heteroatoms. The summed E-state index contributed by atoms with van der Waals surface area (Å²) in [5, 5.41) is 6.26. The van der Waals surface area contributed by atoms with E-state index in [-0.39, 0.29) is 85.8 Å². The number of anilines is 2. The van der Waals surface area contributed by atoms with Crippen LogP contribution in [-0.2, 0) is 24.4 Å². The third-order valence-corrected chi connectivity index (χ3v) is 12.0. The molecule has 13 nitrogen and oxygen atoms in total. The third-order valence-electron chi connectivity index (χ3n) is 10.6. The Balaban J connectivity index is 1.08. The van der Waals surface area contributed by atoms with Crippen molar-refractivity contribution in [3.05, 3.63) is 105 Å². The summed E-state index contributed by atoms with van der Waals surface area (Å²) in [6, 6.07) is 10.4. The van der Waals surface area contributed by atoms with Crippen molar-refractivity contribution in [2.75, 3.05) is 36.4 Å². The number of nitrogens with one attached hydrogen (secondary N) is 1. The zero-order valence-electron chi connectivity index (χ0n) is 31.2. The second-order valence-corrected chi connectivity index (χ2v) is 17.4. The lowest BCUT2D eigenvalue weighted by molar-refractivity contribution is -0.116. The van der Waals surface area contributed by atoms with Crippen LogP contribution in [0.3, 0.4) is 0 Å². The molecule has 306 valence electrons. The number of aryl methyl sites for hydroxylation is 1. The van der Waals surface area contributed by atoms with Crippen LogP contribution in [0, 0.1) is 18.8 Å². The molecule has 1 N–H and O–H groups in total. The van der Waals surface area contributed by atoms with Crippen molar-refractivity contribution in [3.63, 3.8) is 0 Å². The Kier molecular flexibility index (Phi) is 9.33. The molecule has 3 aliphatic rings. The van der Waals surface area contributed by atoms with E-state index in [0.717, 1.165) is 28.5 Å². The average molecular weight is 846 g/mol. The molecule has 1 saturated carbocycles. The van der Waals surface area contributed by atoms with Crippen LogP contribution in [0.1, 0.15) is 53.0 Å². The number of carbonyl (C=O) groups is 2. The minimum Gasteiger partial charge on any atom is -0.485 e. The van der Waals surface area contributed by atoms with Crippen molar-refractivity contribution in [3.8, 4) is 5.75 Å². The lowest BCUT2D eigenvalue weighted by Gasteiger charge is -2.40. The number of hydrogen-bond acceptors (Lipinski definition) is 9. The largest absolute Gasteiger partial charge is 0.485 e. The fraction of sp³-hybridized carbons (Fsp3) is 0.342. The van der Waals surface area contributed by atoms with Crippen molar-refractivity contribution >= 4 is 56.4 Å². The Morgan fingerprint density at radius 1 is 1.02 bits per heavy atom. The summed E-state index contributed by atoms with van der Waals surface area (Å²) in [5.74, 6) is 0.459. The normalized spacial score (nSPS) is 19.0. The Morgan fingerprint density at radius 3 is 2.41 bits per heavy atom. The molecule has 1 saturated heterocycles. The maximum Gasteiger partial charge on any atom is 0.310 e. The van der Waals surface area contributed by atoms with Crippen molar-refractivity contribution in [1.29, 1.82) is 0 Å². The van der Waals surface area contributed by atoms with Crippen LogP contribution in [0.5, 0.6) is 5.75 Å². The first kappa shape index (κ1) is 39.3. The molecule has 2 fully saturated rings. The first-order valence-electron chi connectivity index (χ1n) is 18.5. The molecule has 2 unspecified atom stereocenters.